The lowest BCUT2D eigenvalue weighted by Gasteiger charge is -2.37. The maximum Gasteiger partial charge on any atom is 0.267 e. The van der Waals surface area contributed by atoms with E-state index >= 15 is 0 Å². The molecular weight excluding hydrogens is 383 g/mol. The molecule has 0 radical (unpaired) electrons. The van der Waals surface area contributed by atoms with Crippen LogP contribution in [0.1, 0.15) is 13.0 Å². The Bertz CT molecular complexity index is 1070. The zero-order chi connectivity index (χ0) is 21.1. The molecule has 2 heterocycles. The summed E-state index contributed by atoms with van der Waals surface area (Å²) >= 11 is 0. The summed E-state index contributed by atoms with van der Waals surface area (Å²) in [6, 6.07) is 18.3. The highest BCUT2D eigenvalue weighted by Gasteiger charge is 2.27. The molecule has 2 aromatic carbocycles. The smallest absolute Gasteiger partial charge is 0.267 e. The summed E-state index contributed by atoms with van der Waals surface area (Å²) in [7, 11) is 0. The SMILES string of the molecule is CC(C(=O)N1CCN(c2ccc(F)cc2)CC1)n1nc(-c2ccccc2)ccc1=O. The first-order valence-corrected chi connectivity index (χ1v) is 9.97. The number of carbonyl (C=O) groups excluding carboxylic acids is 1. The molecule has 0 saturated carbocycles. The Balaban J connectivity index is 1.46. The number of anilines is 1. The Hall–Kier alpha value is -3.48. The molecule has 6 nitrogen and oxygen atoms in total. The lowest BCUT2D eigenvalue weighted by molar-refractivity contribution is -0.135. The van der Waals surface area contributed by atoms with E-state index in [0.717, 1.165) is 11.3 Å². The molecule has 1 atom stereocenters. The van der Waals surface area contributed by atoms with Crippen molar-refractivity contribution in [2.45, 2.75) is 13.0 Å². The molecule has 1 unspecified atom stereocenters. The van der Waals surface area contributed by atoms with Crippen molar-refractivity contribution in [2.75, 3.05) is 31.1 Å². The largest absolute Gasteiger partial charge is 0.368 e. The minimum absolute atomic E-state index is 0.131. The van der Waals surface area contributed by atoms with Crippen LogP contribution < -0.4 is 10.5 Å². The molecule has 1 fully saturated rings. The molecule has 3 aromatic rings. The fourth-order valence-corrected chi connectivity index (χ4v) is 3.67. The first-order valence-electron chi connectivity index (χ1n) is 9.97. The lowest BCUT2D eigenvalue weighted by Crippen LogP contribution is -2.51. The molecule has 1 aliphatic heterocycles. The van der Waals surface area contributed by atoms with Gasteiger partial charge in [0.25, 0.3) is 5.56 Å². The molecule has 1 aliphatic rings. The molecule has 154 valence electrons. The van der Waals surface area contributed by atoms with Crippen LogP contribution in [0, 0.1) is 5.82 Å². The zero-order valence-electron chi connectivity index (χ0n) is 16.7. The first-order chi connectivity index (χ1) is 14.5. The van der Waals surface area contributed by atoms with E-state index in [1.807, 2.05) is 30.3 Å². The number of aromatic nitrogens is 2. The Morgan fingerprint density at radius 2 is 1.60 bits per heavy atom. The van der Waals surface area contributed by atoms with Gasteiger partial charge in [0.05, 0.1) is 5.69 Å². The Morgan fingerprint density at radius 1 is 0.933 bits per heavy atom. The number of amides is 1. The molecule has 0 spiro atoms. The van der Waals surface area contributed by atoms with Crippen LogP contribution in [0.5, 0.6) is 0 Å². The van der Waals surface area contributed by atoms with Gasteiger partial charge in [-0.1, -0.05) is 30.3 Å². The van der Waals surface area contributed by atoms with Crippen molar-refractivity contribution in [3.05, 3.63) is 82.9 Å². The number of halogens is 1. The number of hydrogen-bond acceptors (Lipinski definition) is 4. The van der Waals surface area contributed by atoms with Gasteiger partial charge in [-0.2, -0.15) is 5.10 Å². The van der Waals surface area contributed by atoms with Gasteiger partial charge in [0, 0.05) is 43.5 Å². The van der Waals surface area contributed by atoms with Gasteiger partial charge in [0.1, 0.15) is 11.9 Å². The van der Waals surface area contributed by atoms with E-state index < -0.39 is 6.04 Å². The Labute approximate surface area is 174 Å². The molecule has 30 heavy (non-hydrogen) atoms. The van der Waals surface area contributed by atoms with Gasteiger partial charge < -0.3 is 9.80 Å². The number of hydrogen-bond donors (Lipinski definition) is 0. The predicted molar refractivity (Wildman–Crippen MR) is 114 cm³/mol. The third-order valence-electron chi connectivity index (χ3n) is 5.40. The minimum Gasteiger partial charge on any atom is -0.368 e. The fourth-order valence-electron chi connectivity index (χ4n) is 3.67. The molecule has 4 rings (SSSR count). The van der Waals surface area contributed by atoms with Crippen LogP contribution in [-0.4, -0.2) is 46.8 Å². The summed E-state index contributed by atoms with van der Waals surface area (Å²) in [4.78, 5) is 29.3. The maximum absolute atomic E-state index is 13.1. The van der Waals surface area contributed by atoms with Gasteiger partial charge in [-0.15, -0.1) is 0 Å². The van der Waals surface area contributed by atoms with Crippen molar-refractivity contribution in [3.63, 3.8) is 0 Å². The fraction of sp³-hybridized carbons (Fsp3) is 0.261. The second-order valence-corrected chi connectivity index (χ2v) is 7.33. The van der Waals surface area contributed by atoms with E-state index in [1.165, 1.54) is 22.9 Å². The van der Waals surface area contributed by atoms with E-state index in [2.05, 4.69) is 10.00 Å². The van der Waals surface area contributed by atoms with Crippen LogP contribution in [0.25, 0.3) is 11.3 Å². The normalized spacial score (nSPS) is 15.1. The molecular formula is C23H23FN4O2. The van der Waals surface area contributed by atoms with E-state index in [4.69, 9.17) is 0 Å². The summed E-state index contributed by atoms with van der Waals surface area (Å²) in [5.74, 6) is -0.398. The number of carbonyl (C=O) groups is 1. The highest BCUT2D eigenvalue weighted by atomic mass is 19.1. The average Bonchev–Trinajstić information content (AvgIpc) is 2.80. The summed E-state index contributed by atoms with van der Waals surface area (Å²) in [5, 5.41) is 4.44. The molecule has 7 heteroatoms. The highest BCUT2D eigenvalue weighted by molar-refractivity contribution is 5.80. The lowest BCUT2D eigenvalue weighted by atomic mass is 10.1. The van der Waals surface area contributed by atoms with E-state index in [-0.39, 0.29) is 17.3 Å². The van der Waals surface area contributed by atoms with Crippen molar-refractivity contribution in [1.82, 2.24) is 14.7 Å². The number of rotatable bonds is 4. The second-order valence-electron chi connectivity index (χ2n) is 7.33. The Morgan fingerprint density at radius 3 is 2.27 bits per heavy atom. The quantitative estimate of drug-likeness (QED) is 0.669. The van der Waals surface area contributed by atoms with Gasteiger partial charge in [-0.05, 0) is 37.3 Å². The van der Waals surface area contributed by atoms with Crippen LogP contribution in [-0.2, 0) is 4.79 Å². The van der Waals surface area contributed by atoms with Crippen LogP contribution in [0.15, 0.2) is 71.5 Å². The average molecular weight is 406 g/mol. The van der Waals surface area contributed by atoms with Crippen molar-refractivity contribution in [2.24, 2.45) is 0 Å². The Kier molecular flexibility index (Phi) is 5.61. The first kappa shape index (κ1) is 19.8. The van der Waals surface area contributed by atoms with Gasteiger partial charge in [-0.25, -0.2) is 9.07 Å². The standard InChI is InChI=1S/C23H23FN4O2/c1-17(28-22(29)12-11-21(25-28)18-5-3-2-4-6-18)23(30)27-15-13-26(14-16-27)20-9-7-19(24)8-10-20/h2-12,17H,13-16H2,1H3. The van der Waals surface area contributed by atoms with Crippen LogP contribution >= 0.6 is 0 Å². The number of nitrogens with zero attached hydrogens (tertiary/aromatic N) is 4. The summed E-state index contributed by atoms with van der Waals surface area (Å²) in [6.07, 6.45) is 0. The van der Waals surface area contributed by atoms with Crippen molar-refractivity contribution in [3.8, 4) is 11.3 Å². The third-order valence-corrected chi connectivity index (χ3v) is 5.40. The van der Waals surface area contributed by atoms with Crippen LogP contribution in [0.2, 0.25) is 0 Å². The number of piperazine rings is 1. The summed E-state index contributed by atoms with van der Waals surface area (Å²) in [6.45, 7) is 4.08. The minimum atomic E-state index is -0.696. The topological polar surface area (TPSA) is 58.4 Å². The van der Waals surface area contributed by atoms with E-state index in [0.29, 0.717) is 31.9 Å². The highest BCUT2D eigenvalue weighted by Crippen LogP contribution is 2.19. The third kappa shape index (κ3) is 4.10. The number of benzene rings is 2. The van der Waals surface area contributed by atoms with Crippen molar-refractivity contribution in [1.29, 1.82) is 0 Å². The summed E-state index contributed by atoms with van der Waals surface area (Å²) < 4.78 is 14.4. The second kappa shape index (κ2) is 8.49. The molecule has 1 amide bonds. The molecule has 1 saturated heterocycles. The molecule has 1 aromatic heterocycles. The van der Waals surface area contributed by atoms with Crippen molar-refractivity contribution < 1.29 is 9.18 Å². The van der Waals surface area contributed by atoms with Gasteiger partial charge >= 0.3 is 0 Å². The molecule has 0 N–H and O–H groups in total. The van der Waals surface area contributed by atoms with E-state index in [1.54, 1.807) is 30.0 Å². The molecule has 0 bridgehead atoms. The van der Waals surface area contributed by atoms with Gasteiger partial charge in [0.15, 0.2) is 0 Å². The summed E-state index contributed by atoms with van der Waals surface area (Å²) in [5.41, 5.74) is 2.17. The maximum atomic E-state index is 13.1. The van der Waals surface area contributed by atoms with Gasteiger partial charge in [0.2, 0.25) is 5.91 Å². The monoisotopic (exact) mass is 406 g/mol. The molecule has 0 aliphatic carbocycles. The zero-order valence-corrected chi connectivity index (χ0v) is 16.7. The van der Waals surface area contributed by atoms with Gasteiger partial charge in [-0.3, -0.25) is 9.59 Å². The van der Waals surface area contributed by atoms with Crippen molar-refractivity contribution >= 4 is 11.6 Å². The van der Waals surface area contributed by atoms with Crippen LogP contribution in [0.3, 0.4) is 0 Å². The van der Waals surface area contributed by atoms with Crippen LogP contribution in [0.4, 0.5) is 10.1 Å². The predicted octanol–water partition coefficient (Wildman–Crippen LogP) is 2.96. The van der Waals surface area contributed by atoms with E-state index in [9.17, 15) is 14.0 Å².